The zero-order chi connectivity index (χ0) is 78.1. The molecule has 0 aliphatic heterocycles. The van der Waals surface area contributed by atoms with E-state index in [0.29, 0.717) is 69.1 Å². The van der Waals surface area contributed by atoms with E-state index in [2.05, 4.69) is 200 Å². The van der Waals surface area contributed by atoms with Crippen LogP contribution in [0.3, 0.4) is 0 Å². The molecule has 552 valence electrons. The number of hydrogen-bond donors (Lipinski definition) is 0. The highest BCUT2D eigenvalue weighted by atomic mass is 16.5. The van der Waals surface area contributed by atoms with Crippen LogP contribution in [0.1, 0.15) is 0 Å². The lowest BCUT2D eigenvalue weighted by Gasteiger charge is -2.20. The molecule has 0 aliphatic rings. The molecule has 9 aromatic heterocycles. The number of aromatic nitrogens is 9. The summed E-state index contributed by atoms with van der Waals surface area (Å²) in [5.41, 5.74) is 25.6. The van der Waals surface area contributed by atoms with Gasteiger partial charge < -0.3 is 14.2 Å². The largest absolute Gasteiger partial charge is 0.438 e. The molecule has 10 aromatic carbocycles. The van der Waals surface area contributed by atoms with Gasteiger partial charge in [-0.1, -0.05) is 218 Å². The quantitative estimate of drug-likeness (QED) is 0.0675. The summed E-state index contributed by atoms with van der Waals surface area (Å²) in [5.74, 6) is 2.87. The van der Waals surface area contributed by atoms with Crippen LogP contribution in [-0.2, 0) is 0 Å². The predicted molar refractivity (Wildman–Crippen MR) is 468 cm³/mol. The molecule has 9 heterocycles. The molecule has 0 amide bonds. The van der Waals surface area contributed by atoms with Crippen LogP contribution in [0.25, 0.3) is 168 Å². The van der Waals surface area contributed by atoms with Gasteiger partial charge in [0.15, 0.2) is 0 Å². The van der Waals surface area contributed by atoms with Gasteiger partial charge in [-0.15, -0.1) is 0 Å². The van der Waals surface area contributed by atoms with E-state index in [1.807, 2.05) is 201 Å². The number of ether oxygens (including phenoxy) is 3. The molecular formula is C105H69N9O3. The smallest absolute Gasteiger partial charge is 0.220 e. The van der Waals surface area contributed by atoms with Gasteiger partial charge in [0.2, 0.25) is 17.6 Å². The van der Waals surface area contributed by atoms with Crippen molar-refractivity contribution in [1.29, 1.82) is 0 Å². The molecule has 0 bridgehead atoms. The molecule has 117 heavy (non-hydrogen) atoms. The van der Waals surface area contributed by atoms with Gasteiger partial charge in [-0.25, -0.2) is 15.0 Å². The van der Waals surface area contributed by atoms with Crippen molar-refractivity contribution in [3.05, 3.63) is 419 Å². The molecule has 0 saturated carbocycles. The number of pyridine rings is 9. The van der Waals surface area contributed by atoms with Gasteiger partial charge in [-0.3, -0.25) is 29.9 Å². The van der Waals surface area contributed by atoms with Crippen LogP contribution in [0.4, 0.5) is 0 Å². The molecular weight excluding hydrogens is 1440 g/mol. The van der Waals surface area contributed by atoms with Crippen LogP contribution < -0.4 is 14.2 Å². The van der Waals surface area contributed by atoms with E-state index in [4.69, 9.17) is 59.1 Å². The second-order valence-electron chi connectivity index (χ2n) is 28.0. The lowest BCUT2D eigenvalue weighted by Crippen LogP contribution is -1.98. The van der Waals surface area contributed by atoms with E-state index in [-0.39, 0.29) is 0 Å². The first-order valence-electron chi connectivity index (χ1n) is 38.6. The molecule has 0 spiro atoms. The lowest BCUT2D eigenvalue weighted by atomic mass is 9.85. The summed E-state index contributed by atoms with van der Waals surface area (Å²) < 4.78 is 22.0. The van der Waals surface area contributed by atoms with Gasteiger partial charge in [-0.05, 0) is 229 Å². The van der Waals surface area contributed by atoms with E-state index in [1.165, 1.54) is 0 Å². The first-order valence-corrected chi connectivity index (χ1v) is 38.6. The number of benzene rings is 10. The van der Waals surface area contributed by atoms with Crippen LogP contribution in [0, 0.1) is 0 Å². The SMILES string of the molecule is c1ccc(-c2cc(Oc3cc(-c4ccccn4)ccc3-c3ccccc3-c3cc(-c4ccccc4-c4ccc(-c5ccccn5)cc4Oc4cc(-c5ccccc5)cc(-c5ccccn5)n4)cc(-c4ccccc4-c4ccc(-c5ccccn5)cc4Oc4cc(-c5ccccc5)cc(-c5ccccn5)n4)c3)nc(-c3ccccn3)c2)cc1. The Kier molecular flexibility index (Phi) is 19.9. The van der Waals surface area contributed by atoms with Crippen molar-refractivity contribution in [2.24, 2.45) is 0 Å². The number of rotatable bonds is 21. The molecule has 19 rings (SSSR count). The van der Waals surface area contributed by atoms with Crippen molar-refractivity contribution in [1.82, 2.24) is 44.9 Å². The van der Waals surface area contributed by atoms with Crippen LogP contribution in [0.2, 0.25) is 0 Å². The molecule has 19 aromatic rings. The van der Waals surface area contributed by atoms with Gasteiger partial charge in [-0.2, -0.15) is 0 Å². The third-order valence-electron chi connectivity index (χ3n) is 20.5. The average Bonchev–Trinajstić information content (AvgIpc) is 0.761. The van der Waals surface area contributed by atoms with Crippen molar-refractivity contribution >= 4 is 0 Å². The highest BCUT2D eigenvalue weighted by molar-refractivity contribution is 5.97. The summed E-state index contributed by atoms with van der Waals surface area (Å²) in [5, 5.41) is 0. The topological polar surface area (TPSA) is 144 Å². The maximum absolute atomic E-state index is 7.34. The fourth-order valence-corrected chi connectivity index (χ4v) is 14.9. The summed E-state index contributed by atoms with van der Waals surface area (Å²) in [6.07, 6.45) is 10.8. The van der Waals surface area contributed by atoms with Crippen LogP contribution in [0.5, 0.6) is 34.9 Å². The van der Waals surface area contributed by atoms with E-state index >= 15 is 0 Å². The Balaban J connectivity index is 0.817. The van der Waals surface area contributed by atoms with Crippen molar-refractivity contribution in [2.45, 2.75) is 0 Å². The average molecular weight is 1500 g/mol. The number of nitrogens with zero attached hydrogens (tertiary/aromatic N) is 9. The van der Waals surface area contributed by atoms with Gasteiger partial charge in [0.25, 0.3) is 0 Å². The molecule has 0 radical (unpaired) electrons. The van der Waals surface area contributed by atoms with E-state index in [1.54, 1.807) is 18.6 Å². The third-order valence-corrected chi connectivity index (χ3v) is 20.5. The van der Waals surface area contributed by atoms with E-state index in [9.17, 15) is 0 Å². The highest BCUT2D eigenvalue weighted by Crippen LogP contribution is 2.49. The zero-order valence-corrected chi connectivity index (χ0v) is 63.1. The van der Waals surface area contributed by atoms with Crippen LogP contribution >= 0.6 is 0 Å². The fraction of sp³-hybridized carbons (Fsp3) is 0. The van der Waals surface area contributed by atoms with Crippen molar-refractivity contribution in [3.8, 4) is 203 Å². The Labute approximate surface area is 677 Å². The Bertz CT molecular complexity index is 5920. The maximum Gasteiger partial charge on any atom is 0.220 e. The highest BCUT2D eigenvalue weighted by Gasteiger charge is 2.25. The molecule has 12 nitrogen and oxygen atoms in total. The first-order chi connectivity index (χ1) is 57.9. The molecule has 0 saturated heterocycles. The number of hydrogen-bond acceptors (Lipinski definition) is 12. The summed E-state index contributed by atoms with van der Waals surface area (Å²) in [7, 11) is 0. The van der Waals surface area contributed by atoms with Gasteiger partial charge in [0.1, 0.15) is 17.2 Å². The summed E-state index contributed by atoms with van der Waals surface area (Å²) in [4.78, 5) is 44.5. The Morgan fingerprint density at radius 1 is 0.137 bits per heavy atom. The summed E-state index contributed by atoms with van der Waals surface area (Å²) in [6.45, 7) is 0. The second-order valence-corrected chi connectivity index (χ2v) is 28.0. The Morgan fingerprint density at radius 2 is 0.376 bits per heavy atom. The summed E-state index contributed by atoms with van der Waals surface area (Å²) in [6, 6.07) is 130. The van der Waals surface area contributed by atoms with Gasteiger partial charge >= 0.3 is 0 Å². The molecule has 0 unspecified atom stereocenters. The Morgan fingerprint density at radius 3 is 0.632 bits per heavy atom. The van der Waals surface area contributed by atoms with Gasteiger partial charge in [0.05, 0.1) is 51.2 Å². The summed E-state index contributed by atoms with van der Waals surface area (Å²) >= 11 is 0. The van der Waals surface area contributed by atoms with Crippen LogP contribution in [0.15, 0.2) is 419 Å². The van der Waals surface area contributed by atoms with Crippen molar-refractivity contribution < 1.29 is 14.2 Å². The Hall–Kier alpha value is -16.1. The van der Waals surface area contributed by atoms with E-state index in [0.717, 1.165) is 134 Å². The van der Waals surface area contributed by atoms with Crippen molar-refractivity contribution in [3.63, 3.8) is 0 Å². The minimum absolute atomic E-state index is 0.390. The van der Waals surface area contributed by atoms with Gasteiger partial charge in [0, 0.05) is 88.8 Å². The molecule has 0 fully saturated rings. The normalized spacial score (nSPS) is 11.1. The molecule has 0 aliphatic carbocycles. The van der Waals surface area contributed by atoms with E-state index < -0.39 is 0 Å². The monoisotopic (exact) mass is 1500 g/mol. The van der Waals surface area contributed by atoms with Crippen molar-refractivity contribution in [2.75, 3.05) is 0 Å². The maximum atomic E-state index is 7.34. The standard InChI is InChI=1S/C105H69N9O3/c1-4-28-70(29-5-1)76-61-97(94-43-19-25-55-109-94)112-103(67-76)115-100-64-73(91-40-16-22-52-106-91)46-49-88(100)85-37-13-10-34-82(85)79-58-80(83-35-11-14-38-86(83)89-50-47-74(92-41-17-23-53-107-92)65-101(89)116-104-68-77(71-30-6-2-7-31-71)62-98(113-104)95-44-20-26-56-110-95)60-81(59-79)84-36-12-15-39-87(84)90-51-48-75(93-42-18-24-54-108-93)66-102(90)117-105-69-78(72-32-8-3-9-33-72)63-99(114-105)96-45-21-27-57-111-96/h1-69H. The van der Waals surface area contributed by atoms with Crippen LogP contribution in [-0.4, -0.2) is 44.9 Å². The minimum atomic E-state index is 0.390. The minimum Gasteiger partial charge on any atom is -0.438 e. The molecule has 12 heteroatoms. The molecule has 0 N–H and O–H groups in total. The first kappa shape index (κ1) is 71.3. The fourth-order valence-electron chi connectivity index (χ4n) is 14.9. The molecule has 0 atom stereocenters. The predicted octanol–water partition coefficient (Wildman–Crippen LogP) is 26.6. The second kappa shape index (κ2) is 32.7. The lowest BCUT2D eigenvalue weighted by molar-refractivity contribution is 0.465. The zero-order valence-electron chi connectivity index (χ0n) is 63.1. The third kappa shape index (κ3) is 15.6.